The molecule has 0 bridgehead atoms. The molecule has 0 aliphatic rings. The van der Waals surface area contributed by atoms with E-state index in [-0.39, 0.29) is 11.2 Å². The van der Waals surface area contributed by atoms with Gasteiger partial charge in [0.15, 0.2) is 0 Å². The molecule has 242 valence electrons. The van der Waals surface area contributed by atoms with Crippen molar-refractivity contribution in [1.29, 1.82) is 0 Å². The number of benzene rings is 7. The van der Waals surface area contributed by atoms with Crippen molar-refractivity contribution in [2.75, 3.05) is 0 Å². The van der Waals surface area contributed by atoms with Gasteiger partial charge in [-0.25, -0.2) is 4.98 Å². The summed E-state index contributed by atoms with van der Waals surface area (Å²) in [5.74, 6) is 0.211. The summed E-state index contributed by atoms with van der Waals surface area (Å²) >= 11 is 1.68. The van der Waals surface area contributed by atoms with Gasteiger partial charge in [-0.1, -0.05) is 136 Å². The number of thiazole rings is 1. The number of aromatic hydroxyl groups is 1. The van der Waals surface area contributed by atoms with Crippen LogP contribution in [0.25, 0.3) is 64.9 Å². The molecule has 50 heavy (non-hydrogen) atoms. The second-order valence-electron chi connectivity index (χ2n) is 13.7. The topological polar surface area (TPSA) is 45.5 Å². The minimum atomic E-state index is -0.0419. The molecule has 8 aromatic rings. The van der Waals surface area contributed by atoms with Gasteiger partial charge in [0, 0.05) is 22.9 Å². The van der Waals surface area contributed by atoms with Crippen LogP contribution >= 0.6 is 11.3 Å². The molecule has 1 aromatic heterocycles. The third kappa shape index (κ3) is 6.11. The van der Waals surface area contributed by atoms with Crippen LogP contribution in [0.15, 0.2) is 157 Å². The molecule has 0 aliphatic heterocycles. The molecule has 8 rings (SSSR count). The highest BCUT2D eigenvalue weighted by molar-refractivity contribution is 7.21. The van der Waals surface area contributed by atoms with E-state index in [1.54, 1.807) is 23.6 Å². The van der Waals surface area contributed by atoms with Crippen LogP contribution in [0.2, 0.25) is 0 Å². The van der Waals surface area contributed by atoms with E-state index in [4.69, 9.17) is 9.98 Å². The number of phenolic OH excluding ortho intramolecular Hbond substituents is 1. The maximum atomic E-state index is 10.7. The van der Waals surface area contributed by atoms with Gasteiger partial charge in [-0.15, -0.1) is 11.3 Å². The lowest BCUT2D eigenvalue weighted by molar-refractivity contribution is 0.473. The van der Waals surface area contributed by atoms with Gasteiger partial charge in [-0.2, -0.15) is 0 Å². The van der Waals surface area contributed by atoms with Crippen LogP contribution in [0.5, 0.6) is 5.75 Å². The lowest BCUT2D eigenvalue weighted by Gasteiger charge is -2.19. The van der Waals surface area contributed by atoms with Crippen LogP contribution in [-0.4, -0.2) is 16.3 Å². The number of aliphatic imine (C=N–C) groups is 1. The summed E-state index contributed by atoms with van der Waals surface area (Å²) < 4.78 is 1.11. The van der Waals surface area contributed by atoms with E-state index in [9.17, 15) is 5.11 Å². The fourth-order valence-electron chi connectivity index (χ4n) is 6.49. The Kier molecular flexibility index (Phi) is 8.10. The molecule has 0 radical (unpaired) electrons. The summed E-state index contributed by atoms with van der Waals surface area (Å²) in [6.45, 7) is 6.50. The second kappa shape index (κ2) is 12.9. The predicted molar refractivity (Wildman–Crippen MR) is 213 cm³/mol. The van der Waals surface area contributed by atoms with E-state index in [1.165, 1.54) is 21.9 Å². The van der Waals surface area contributed by atoms with Crippen molar-refractivity contribution < 1.29 is 5.11 Å². The van der Waals surface area contributed by atoms with Crippen molar-refractivity contribution in [1.82, 2.24) is 4.98 Å². The third-order valence-corrected chi connectivity index (χ3v) is 10.3. The van der Waals surface area contributed by atoms with Crippen LogP contribution in [0.4, 0.5) is 5.69 Å². The molecule has 0 aliphatic carbocycles. The highest BCUT2D eigenvalue weighted by Gasteiger charge is 2.18. The summed E-state index contributed by atoms with van der Waals surface area (Å²) in [5.41, 5.74) is 11.5. The normalized spacial score (nSPS) is 11.9. The van der Waals surface area contributed by atoms with E-state index in [1.807, 2.05) is 36.4 Å². The first kappa shape index (κ1) is 31.4. The highest BCUT2D eigenvalue weighted by atomic mass is 32.1. The Bertz CT molecular complexity index is 2520. The van der Waals surface area contributed by atoms with Crippen molar-refractivity contribution in [2.24, 2.45) is 4.99 Å². The van der Waals surface area contributed by atoms with E-state index >= 15 is 0 Å². The van der Waals surface area contributed by atoms with Crippen LogP contribution in [0, 0.1) is 0 Å². The van der Waals surface area contributed by atoms with Gasteiger partial charge in [0.2, 0.25) is 0 Å². The maximum Gasteiger partial charge on any atom is 0.126 e. The number of phenols is 1. The largest absolute Gasteiger partial charge is 0.507 e. The van der Waals surface area contributed by atoms with Gasteiger partial charge in [-0.05, 0) is 86.0 Å². The van der Waals surface area contributed by atoms with E-state index in [2.05, 4.69) is 130 Å². The Balaban J connectivity index is 1.26. The Labute approximate surface area is 296 Å². The molecule has 0 spiro atoms. The number of para-hydroxylation sites is 1. The zero-order chi connectivity index (χ0) is 34.2. The van der Waals surface area contributed by atoms with Crippen LogP contribution in [-0.2, 0) is 5.41 Å². The summed E-state index contributed by atoms with van der Waals surface area (Å²) in [5, 5.41) is 14.0. The first-order valence-electron chi connectivity index (χ1n) is 16.9. The molecular formula is C46H36N2OS. The molecule has 0 saturated carbocycles. The molecule has 7 aromatic carbocycles. The molecule has 0 amide bonds. The lowest BCUT2D eigenvalue weighted by atomic mass is 9.86. The Hall–Kier alpha value is -5.84. The fourth-order valence-corrected chi connectivity index (χ4v) is 7.56. The fraction of sp³-hybridized carbons (Fsp3) is 0.0870. The molecule has 0 saturated heterocycles. The van der Waals surface area contributed by atoms with Crippen molar-refractivity contribution in [2.45, 2.75) is 26.2 Å². The van der Waals surface area contributed by atoms with Gasteiger partial charge >= 0.3 is 0 Å². The van der Waals surface area contributed by atoms with Gasteiger partial charge < -0.3 is 5.11 Å². The van der Waals surface area contributed by atoms with Crippen LogP contribution in [0.3, 0.4) is 0 Å². The standard InChI is InChI=1S/C46H36N2OS/c1-46(2,3)36-24-25-42(49)35(26-36)29-47-41-19-10-9-17-39(41)45-48-44-40(38-18-11-15-33-14-7-8-16-37(33)38)27-34(28-43(44)50-45)32-22-20-31(21-23-32)30-12-5-4-6-13-30/h4-29,49H,1-3H3. The first-order chi connectivity index (χ1) is 24.3. The minimum Gasteiger partial charge on any atom is -0.507 e. The number of aromatic nitrogens is 1. The van der Waals surface area contributed by atoms with Gasteiger partial charge in [0.05, 0.1) is 15.9 Å². The predicted octanol–water partition coefficient (Wildman–Crippen LogP) is 12.9. The monoisotopic (exact) mass is 664 g/mol. The smallest absolute Gasteiger partial charge is 0.126 e. The summed E-state index contributed by atoms with van der Waals surface area (Å²) in [4.78, 5) is 10.2. The van der Waals surface area contributed by atoms with Gasteiger partial charge in [0.1, 0.15) is 10.8 Å². The van der Waals surface area contributed by atoms with Crippen molar-refractivity contribution in [3.05, 3.63) is 163 Å². The average molecular weight is 665 g/mol. The van der Waals surface area contributed by atoms with E-state index in [0.29, 0.717) is 5.56 Å². The Morgan fingerprint density at radius 2 is 1.26 bits per heavy atom. The number of hydrogen-bond donors (Lipinski definition) is 1. The first-order valence-corrected chi connectivity index (χ1v) is 17.7. The molecule has 0 fully saturated rings. The molecule has 3 nitrogen and oxygen atoms in total. The second-order valence-corrected chi connectivity index (χ2v) is 14.7. The lowest BCUT2D eigenvalue weighted by Crippen LogP contribution is -2.11. The van der Waals surface area contributed by atoms with Crippen molar-refractivity contribution in [3.8, 4) is 49.7 Å². The molecular weight excluding hydrogens is 629 g/mol. The Morgan fingerprint density at radius 1 is 0.600 bits per heavy atom. The van der Waals surface area contributed by atoms with Crippen LogP contribution < -0.4 is 0 Å². The van der Waals surface area contributed by atoms with Gasteiger partial charge in [-0.3, -0.25) is 4.99 Å². The minimum absolute atomic E-state index is 0.0419. The number of nitrogens with zero attached hydrogens (tertiary/aromatic N) is 2. The highest BCUT2D eigenvalue weighted by Crippen LogP contribution is 2.43. The molecule has 0 unspecified atom stereocenters. The average Bonchev–Trinajstić information content (AvgIpc) is 3.58. The SMILES string of the molecule is CC(C)(C)c1ccc(O)c(C=Nc2ccccc2-c2nc3c(-c4cccc5ccccc45)cc(-c4ccc(-c5ccccc5)cc4)cc3s2)c1. The summed E-state index contributed by atoms with van der Waals surface area (Å²) in [7, 11) is 0. The third-order valence-electron chi connectivity index (χ3n) is 9.27. The molecule has 4 heteroatoms. The number of fused-ring (bicyclic) bond motifs is 2. The zero-order valence-corrected chi connectivity index (χ0v) is 29.1. The number of rotatable bonds is 6. The number of hydrogen-bond acceptors (Lipinski definition) is 4. The summed E-state index contributed by atoms with van der Waals surface area (Å²) in [6, 6.07) is 52.8. The quantitative estimate of drug-likeness (QED) is 0.180. The molecule has 1 N–H and O–H groups in total. The molecule has 1 heterocycles. The maximum absolute atomic E-state index is 10.7. The van der Waals surface area contributed by atoms with Crippen molar-refractivity contribution in [3.63, 3.8) is 0 Å². The summed E-state index contributed by atoms with van der Waals surface area (Å²) in [6.07, 6.45) is 1.76. The van der Waals surface area contributed by atoms with Gasteiger partial charge in [0.25, 0.3) is 0 Å². The van der Waals surface area contributed by atoms with Crippen molar-refractivity contribution >= 4 is 44.2 Å². The Morgan fingerprint density at radius 3 is 2.06 bits per heavy atom. The van der Waals surface area contributed by atoms with E-state index in [0.717, 1.165) is 54.3 Å². The zero-order valence-electron chi connectivity index (χ0n) is 28.3. The van der Waals surface area contributed by atoms with Crippen LogP contribution in [0.1, 0.15) is 31.9 Å². The molecule has 0 atom stereocenters. The van der Waals surface area contributed by atoms with E-state index < -0.39 is 0 Å².